The van der Waals surface area contributed by atoms with Crippen LogP contribution in [0.15, 0.2) is 0 Å². The van der Waals surface area contributed by atoms with E-state index >= 15 is 0 Å². The van der Waals surface area contributed by atoms with Crippen molar-refractivity contribution in [2.24, 2.45) is 17.8 Å². The first-order valence-corrected chi connectivity index (χ1v) is 8.90. The summed E-state index contributed by atoms with van der Waals surface area (Å²) < 4.78 is 0. The van der Waals surface area contributed by atoms with Crippen molar-refractivity contribution < 1.29 is 4.79 Å². The number of piperidine rings is 3. The van der Waals surface area contributed by atoms with Gasteiger partial charge in [-0.2, -0.15) is 0 Å². The van der Waals surface area contributed by atoms with Gasteiger partial charge in [0.25, 0.3) is 0 Å². The van der Waals surface area contributed by atoms with E-state index in [9.17, 15) is 4.79 Å². The summed E-state index contributed by atoms with van der Waals surface area (Å²) in [5.74, 6) is 2.88. The lowest BCUT2D eigenvalue weighted by Crippen LogP contribution is -2.65. The third-order valence-electron chi connectivity index (χ3n) is 7.20. The highest BCUT2D eigenvalue weighted by Gasteiger charge is 2.60. The Kier molecular flexibility index (Phi) is 2.54. The number of carbonyl (C=O) groups is 1. The van der Waals surface area contributed by atoms with Gasteiger partial charge in [0.15, 0.2) is 0 Å². The molecule has 6 atom stereocenters. The first-order chi connectivity index (χ1) is 9.84. The minimum Gasteiger partial charge on any atom is -0.335 e. The van der Waals surface area contributed by atoms with E-state index in [0.29, 0.717) is 23.9 Å². The first-order valence-electron chi connectivity index (χ1n) is 8.90. The molecule has 1 amide bonds. The van der Waals surface area contributed by atoms with Crippen molar-refractivity contribution in [3.63, 3.8) is 0 Å². The molecule has 0 radical (unpaired) electrons. The number of carbonyl (C=O) groups excluding carboxylic acids is 1. The zero-order valence-corrected chi connectivity index (χ0v) is 12.3. The van der Waals surface area contributed by atoms with Crippen LogP contribution in [0.4, 0.5) is 0 Å². The zero-order chi connectivity index (χ0) is 13.3. The van der Waals surface area contributed by atoms with Crippen molar-refractivity contribution in [2.45, 2.75) is 69.5 Å². The SMILES string of the molecule is O=C1CC2CCCN3CCC4C5CCCCC5N1C4C23. The van der Waals surface area contributed by atoms with E-state index in [4.69, 9.17) is 0 Å². The highest BCUT2D eigenvalue weighted by atomic mass is 16.2. The van der Waals surface area contributed by atoms with Gasteiger partial charge in [-0.25, -0.2) is 0 Å². The van der Waals surface area contributed by atoms with Crippen molar-refractivity contribution in [2.75, 3.05) is 13.1 Å². The van der Waals surface area contributed by atoms with Gasteiger partial charge in [-0.05, 0) is 62.9 Å². The average molecular weight is 274 g/mol. The van der Waals surface area contributed by atoms with Gasteiger partial charge >= 0.3 is 0 Å². The zero-order valence-electron chi connectivity index (χ0n) is 12.3. The second-order valence-electron chi connectivity index (χ2n) is 7.89. The molecule has 110 valence electrons. The smallest absolute Gasteiger partial charge is 0.223 e. The molecular formula is C17H26N2O. The summed E-state index contributed by atoms with van der Waals surface area (Å²) in [4.78, 5) is 17.9. The molecule has 5 fully saturated rings. The molecule has 5 rings (SSSR count). The third-order valence-corrected chi connectivity index (χ3v) is 7.20. The van der Waals surface area contributed by atoms with E-state index in [2.05, 4.69) is 9.80 Å². The third kappa shape index (κ3) is 1.43. The molecule has 0 bridgehead atoms. The van der Waals surface area contributed by atoms with Crippen molar-refractivity contribution in [1.29, 1.82) is 0 Å². The van der Waals surface area contributed by atoms with Crippen LogP contribution in [0.3, 0.4) is 0 Å². The van der Waals surface area contributed by atoms with E-state index in [-0.39, 0.29) is 0 Å². The fourth-order valence-electron chi connectivity index (χ4n) is 6.62. The number of nitrogens with zero attached hydrogens (tertiary/aromatic N) is 2. The quantitative estimate of drug-likeness (QED) is 0.676. The normalized spacial score (nSPS) is 50.8. The second kappa shape index (κ2) is 4.22. The van der Waals surface area contributed by atoms with Crippen LogP contribution in [-0.4, -0.2) is 46.9 Å². The Morgan fingerprint density at radius 1 is 0.850 bits per heavy atom. The summed E-state index contributed by atoms with van der Waals surface area (Å²) in [5, 5.41) is 0. The molecule has 0 aromatic carbocycles. The van der Waals surface area contributed by atoms with Gasteiger partial charge < -0.3 is 4.90 Å². The van der Waals surface area contributed by atoms with Gasteiger partial charge in [0.1, 0.15) is 0 Å². The summed E-state index contributed by atoms with van der Waals surface area (Å²) in [7, 11) is 0. The van der Waals surface area contributed by atoms with Gasteiger partial charge in [0.05, 0.1) is 6.04 Å². The summed E-state index contributed by atoms with van der Waals surface area (Å²) in [6.45, 7) is 2.61. The largest absolute Gasteiger partial charge is 0.335 e. The molecule has 0 aromatic rings. The van der Waals surface area contributed by atoms with Crippen LogP contribution < -0.4 is 0 Å². The highest BCUT2D eigenvalue weighted by Crippen LogP contribution is 2.53. The maximum Gasteiger partial charge on any atom is 0.223 e. The van der Waals surface area contributed by atoms with Crippen molar-refractivity contribution in [3.8, 4) is 0 Å². The predicted octanol–water partition coefficient (Wildman–Crippen LogP) is 2.26. The van der Waals surface area contributed by atoms with Gasteiger partial charge in [-0.15, -0.1) is 0 Å². The second-order valence-corrected chi connectivity index (χ2v) is 7.89. The maximum absolute atomic E-state index is 12.8. The first kappa shape index (κ1) is 12.0. The molecule has 1 aliphatic carbocycles. The minimum absolute atomic E-state index is 0.513. The lowest BCUT2D eigenvalue weighted by atomic mass is 9.69. The molecule has 6 unspecified atom stereocenters. The molecule has 1 saturated carbocycles. The Bertz CT molecular complexity index is 437. The van der Waals surface area contributed by atoms with Crippen LogP contribution in [0.25, 0.3) is 0 Å². The van der Waals surface area contributed by atoms with Crippen LogP contribution >= 0.6 is 0 Å². The number of amides is 1. The Labute approximate surface area is 121 Å². The minimum atomic E-state index is 0.513. The molecule has 0 N–H and O–H groups in total. The van der Waals surface area contributed by atoms with E-state index in [0.717, 1.165) is 24.3 Å². The van der Waals surface area contributed by atoms with Crippen molar-refractivity contribution in [3.05, 3.63) is 0 Å². The number of fused-ring (bicyclic) bond motifs is 3. The van der Waals surface area contributed by atoms with E-state index < -0.39 is 0 Å². The van der Waals surface area contributed by atoms with Gasteiger partial charge in [-0.1, -0.05) is 12.8 Å². The fourth-order valence-corrected chi connectivity index (χ4v) is 6.62. The van der Waals surface area contributed by atoms with E-state index in [1.807, 2.05) is 0 Å². The summed E-state index contributed by atoms with van der Waals surface area (Å²) in [5.41, 5.74) is 0. The molecule has 0 aromatic heterocycles. The molecule has 5 aliphatic rings. The number of hydrogen-bond acceptors (Lipinski definition) is 2. The molecule has 4 heterocycles. The lowest BCUT2D eigenvalue weighted by Gasteiger charge is -2.55. The molecule has 0 spiro atoms. The summed E-state index contributed by atoms with van der Waals surface area (Å²) in [6.07, 6.45) is 10.3. The highest BCUT2D eigenvalue weighted by molar-refractivity contribution is 5.79. The Balaban J connectivity index is 1.57. The van der Waals surface area contributed by atoms with Crippen LogP contribution in [0.1, 0.15) is 51.4 Å². The lowest BCUT2D eigenvalue weighted by molar-refractivity contribution is -0.149. The fraction of sp³-hybridized carbons (Fsp3) is 0.941. The van der Waals surface area contributed by atoms with Crippen molar-refractivity contribution >= 4 is 5.91 Å². The number of hydrogen-bond donors (Lipinski definition) is 0. The van der Waals surface area contributed by atoms with Crippen LogP contribution in [0, 0.1) is 17.8 Å². The number of rotatable bonds is 0. The molecule has 3 nitrogen and oxygen atoms in total. The monoisotopic (exact) mass is 274 g/mol. The molecule has 4 saturated heterocycles. The molecule has 3 heteroatoms. The van der Waals surface area contributed by atoms with Crippen LogP contribution in [0.5, 0.6) is 0 Å². The van der Waals surface area contributed by atoms with Crippen LogP contribution in [-0.2, 0) is 4.79 Å². The Morgan fingerprint density at radius 3 is 2.70 bits per heavy atom. The van der Waals surface area contributed by atoms with Gasteiger partial charge in [-0.3, -0.25) is 9.69 Å². The average Bonchev–Trinajstić information content (AvgIpc) is 2.82. The maximum atomic E-state index is 12.8. The van der Waals surface area contributed by atoms with E-state index in [1.54, 1.807) is 0 Å². The van der Waals surface area contributed by atoms with Crippen molar-refractivity contribution in [1.82, 2.24) is 9.80 Å². The molecular weight excluding hydrogens is 248 g/mol. The molecule has 20 heavy (non-hydrogen) atoms. The van der Waals surface area contributed by atoms with E-state index in [1.165, 1.54) is 58.0 Å². The van der Waals surface area contributed by atoms with Gasteiger partial charge in [0, 0.05) is 18.5 Å². The molecule has 4 aliphatic heterocycles. The standard InChI is InChI=1S/C17H26N2O/c20-15-10-11-4-3-8-18-9-7-13-12-5-1-2-6-14(12)19(15)17(13)16(11)18/h11-14,16-17H,1-10H2. The topological polar surface area (TPSA) is 23.6 Å². The summed E-state index contributed by atoms with van der Waals surface area (Å²) >= 11 is 0. The predicted molar refractivity (Wildman–Crippen MR) is 77.2 cm³/mol. The Hall–Kier alpha value is -0.570. The van der Waals surface area contributed by atoms with Crippen LogP contribution in [0.2, 0.25) is 0 Å². The summed E-state index contributed by atoms with van der Waals surface area (Å²) in [6, 6.07) is 1.95. The van der Waals surface area contributed by atoms with Gasteiger partial charge in [0.2, 0.25) is 5.91 Å². The Morgan fingerprint density at radius 2 is 1.75 bits per heavy atom.